The summed E-state index contributed by atoms with van der Waals surface area (Å²) in [6.07, 6.45) is 0.296. The number of hydrogen-bond acceptors (Lipinski definition) is 3. The third kappa shape index (κ3) is 1.53. The van der Waals surface area contributed by atoms with E-state index in [4.69, 9.17) is 16.3 Å². The number of nitrogens with one attached hydrogen (secondary N) is 1. The Labute approximate surface area is 87.6 Å². The van der Waals surface area contributed by atoms with E-state index in [9.17, 15) is 5.11 Å². The van der Waals surface area contributed by atoms with E-state index in [0.717, 1.165) is 24.2 Å². The van der Waals surface area contributed by atoms with Crippen molar-refractivity contribution in [3.8, 4) is 5.75 Å². The highest BCUT2D eigenvalue weighted by Gasteiger charge is 2.19. The zero-order chi connectivity index (χ0) is 10.1. The third-order valence-corrected chi connectivity index (χ3v) is 2.71. The van der Waals surface area contributed by atoms with Gasteiger partial charge >= 0.3 is 0 Å². The van der Waals surface area contributed by atoms with E-state index in [1.165, 1.54) is 0 Å². The van der Waals surface area contributed by atoms with Crippen LogP contribution < -0.4 is 10.1 Å². The fourth-order valence-corrected chi connectivity index (χ4v) is 1.90. The quantitative estimate of drug-likeness (QED) is 0.752. The highest BCUT2D eigenvalue weighted by molar-refractivity contribution is 6.32. The average molecular weight is 214 g/mol. The van der Waals surface area contributed by atoms with Gasteiger partial charge in [-0.1, -0.05) is 11.6 Å². The molecule has 0 spiro atoms. The summed E-state index contributed by atoms with van der Waals surface area (Å²) in [6, 6.07) is 3.58. The molecule has 2 rings (SSSR count). The van der Waals surface area contributed by atoms with E-state index < -0.39 is 6.10 Å². The second-order valence-electron chi connectivity index (χ2n) is 3.31. The summed E-state index contributed by atoms with van der Waals surface area (Å²) in [5, 5.41) is 13.4. The topological polar surface area (TPSA) is 41.5 Å². The molecule has 14 heavy (non-hydrogen) atoms. The number of methoxy groups -OCH3 is 1. The van der Waals surface area contributed by atoms with Crippen molar-refractivity contribution >= 4 is 17.3 Å². The molecule has 3 nitrogen and oxygen atoms in total. The van der Waals surface area contributed by atoms with Crippen molar-refractivity contribution in [1.29, 1.82) is 0 Å². The Morgan fingerprint density at radius 2 is 2.36 bits per heavy atom. The molecule has 2 N–H and O–H groups in total. The molecule has 76 valence electrons. The number of fused-ring (bicyclic) bond motifs is 1. The first-order valence-corrected chi connectivity index (χ1v) is 4.89. The van der Waals surface area contributed by atoms with E-state index in [1.54, 1.807) is 13.2 Å². The van der Waals surface area contributed by atoms with Crippen molar-refractivity contribution in [2.45, 2.75) is 12.5 Å². The van der Waals surface area contributed by atoms with Crippen molar-refractivity contribution in [3.63, 3.8) is 0 Å². The van der Waals surface area contributed by atoms with Crippen molar-refractivity contribution in [2.24, 2.45) is 0 Å². The number of aliphatic hydroxyl groups excluding tert-OH is 1. The lowest BCUT2D eigenvalue weighted by molar-refractivity contribution is 0.168. The maximum atomic E-state index is 9.71. The van der Waals surface area contributed by atoms with Crippen molar-refractivity contribution in [2.75, 3.05) is 19.0 Å². The fraction of sp³-hybridized carbons (Fsp3) is 0.400. The Morgan fingerprint density at radius 3 is 3.07 bits per heavy atom. The predicted octanol–water partition coefficient (Wildman–Crippen LogP) is 2.20. The normalized spacial score (nSPS) is 19.8. The predicted molar refractivity (Wildman–Crippen MR) is 56.1 cm³/mol. The van der Waals surface area contributed by atoms with E-state index in [1.807, 2.05) is 6.07 Å². The molecule has 1 aromatic carbocycles. The minimum Gasteiger partial charge on any atom is -0.495 e. The molecule has 0 saturated heterocycles. The molecule has 0 saturated carbocycles. The van der Waals surface area contributed by atoms with E-state index >= 15 is 0 Å². The van der Waals surface area contributed by atoms with Crippen LogP contribution in [0.25, 0.3) is 0 Å². The summed E-state index contributed by atoms with van der Waals surface area (Å²) in [6.45, 7) is 0.777. The van der Waals surface area contributed by atoms with Gasteiger partial charge in [-0.15, -0.1) is 0 Å². The first kappa shape index (κ1) is 9.62. The molecule has 1 aliphatic rings. The molecule has 4 heteroatoms. The first-order valence-electron chi connectivity index (χ1n) is 4.51. The van der Waals surface area contributed by atoms with Crippen LogP contribution in [0.15, 0.2) is 12.1 Å². The number of hydrogen-bond donors (Lipinski definition) is 2. The van der Waals surface area contributed by atoms with Crippen LogP contribution in [-0.2, 0) is 0 Å². The van der Waals surface area contributed by atoms with Gasteiger partial charge in [0.15, 0.2) is 0 Å². The Balaban J connectivity index is 2.48. The minimum atomic E-state index is -0.422. The van der Waals surface area contributed by atoms with Crippen LogP contribution in [-0.4, -0.2) is 18.8 Å². The number of ether oxygens (including phenoxy) is 1. The van der Waals surface area contributed by atoms with Gasteiger partial charge in [0.2, 0.25) is 0 Å². The molecule has 0 aromatic heterocycles. The van der Waals surface area contributed by atoms with Crippen LogP contribution in [0.5, 0.6) is 5.75 Å². The molecule has 0 aliphatic carbocycles. The molecule has 0 radical (unpaired) electrons. The zero-order valence-electron chi connectivity index (χ0n) is 7.88. The number of rotatable bonds is 1. The molecule has 1 unspecified atom stereocenters. The lowest BCUT2D eigenvalue weighted by Gasteiger charge is -2.23. The second-order valence-corrected chi connectivity index (χ2v) is 3.71. The Hall–Kier alpha value is -0.930. The average Bonchev–Trinajstić information content (AvgIpc) is 2.19. The summed E-state index contributed by atoms with van der Waals surface area (Å²) < 4.78 is 5.09. The van der Waals surface area contributed by atoms with Crippen molar-refractivity contribution < 1.29 is 9.84 Å². The summed E-state index contributed by atoms with van der Waals surface area (Å²) >= 11 is 5.96. The number of anilines is 1. The maximum absolute atomic E-state index is 9.71. The highest BCUT2D eigenvalue weighted by Crippen LogP contribution is 2.37. The SMILES string of the molecule is COc1cc2c(cc1Cl)C(O)CCN2. The van der Waals surface area contributed by atoms with Crippen molar-refractivity contribution in [1.82, 2.24) is 0 Å². The number of halogens is 1. The Bertz CT molecular complexity index is 354. The fourth-order valence-electron chi connectivity index (χ4n) is 1.65. The molecule has 0 amide bonds. The van der Waals surface area contributed by atoms with Crippen LogP contribution in [0.2, 0.25) is 5.02 Å². The second kappa shape index (κ2) is 3.67. The van der Waals surface area contributed by atoms with Gasteiger partial charge in [0.05, 0.1) is 18.2 Å². The van der Waals surface area contributed by atoms with Gasteiger partial charge < -0.3 is 15.2 Å². The van der Waals surface area contributed by atoms with Crippen LogP contribution in [0.1, 0.15) is 18.1 Å². The molecule has 1 aromatic rings. The van der Waals surface area contributed by atoms with E-state index in [0.29, 0.717) is 10.8 Å². The Morgan fingerprint density at radius 1 is 1.57 bits per heavy atom. The number of aliphatic hydroxyl groups is 1. The standard InChI is InChI=1S/C10H12ClNO2/c1-14-10-5-8-6(4-7(10)11)9(13)2-3-12-8/h4-5,9,12-13H,2-3H2,1H3. The highest BCUT2D eigenvalue weighted by atomic mass is 35.5. The van der Waals surface area contributed by atoms with E-state index in [2.05, 4.69) is 5.32 Å². The summed E-state index contributed by atoms with van der Waals surface area (Å²) in [7, 11) is 1.58. The minimum absolute atomic E-state index is 0.422. The van der Waals surface area contributed by atoms with Crippen LogP contribution in [0.4, 0.5) is 5.69 Å². The summed E-state index contributed by atoms with van der Waals surface area (Å²) in [5.41, 5.74) is 1.76. The molecular weight excluding hydrogens is 202 g/mol. The smallest absolute Gasteiger partial charge is 0.139 e. The lowest BCUT2D eigenvalue weighted by Crippen LogP contribution is -2.16. The largest absolute Gasteiger partial charge is 0.495 e. The van der Waals surface area contributed by atoms with Gasteiger partial charge in [0.25, 0.3) is 0 Å². The van der Waals surface area contributed by atoms with Crippen LogP contribution >= 0.6 is 11.6 Å². The lowest BCUT2D eigenvalue weighted by atomic mass is 10.0. The van der Waals surface area contributed by atoms with Gasteiger partial charge in [-0.2, -0.15) is 0 Å². The maximum Gasteiger partial charge on any atom is 0.139 e. The summed E-state index contributed by atoms with van der Waals surface area (Å²) in [5.74, 6) is 0.631. The summed E-state index contributed by atoms with van der Waals surface area (Å²) in [4.78, 5) is 0. The van der Waals surface area contributed by atoms with Gasteiger partial charge in [0.1, 0.15) is 5.75 Å². The zero-order valence-corrected chi connectivity index (χ0v) is 8.64. The first-order chi connectivity index (χ1) is 6.72. The van der Waals surface area contributed by atoms with Crippen LogP contribution in [0, 0.1) is 0 Å². The molecule has 1 heterocycles. The molecular formula is C10H12ClNO2. The molecule has 1 atom stereocenters. The van der Waals surface area contributed by atoms with Crippen LogP contribution in [0.3, 0.4) is 0 Å². The van der Waals surface area contributed by atoms with Gasteiger partial charge in [-0.25, -0.2) is 0 Å². The van der Waals surface area contributed by atoms with Crippen molar-refractivity contribution in [3.05, 3.63) is 22.7 Å². The van der Waals surface area contributed by atoms with Gasteiger partial charge in [-0.3, -0.25) is 0 Å². The molecule has 1 aliphatic heterocycles. The third-order valence-electron chi connectivity index (χ3n) is 2.42. The number of benzene rings is 1. The van der Waals surface area contributed by atoms with Gasteiger partial charge in [0, 0.05) is 23.9 Å². The molecule has 0 bridgehead atoms. The Kier molecular flexibility index (Phi) is 2.52. The van der Waals surface area contributed by atoms with E-state index in [-0.39, 0.29) is 0 Å². The monoisotopic (exact) mass is 213 g/mol. The van der Waals surface area contributed by atoms with Gasteiger partial charge in [-0.05, 0) is 12.5 Å². The molecule has 0 fully saturated rings.